The van der Waals surface area contributed by atoms with Gasteiger partial charge in [-0.05, 0) is 31.4 Å². The van der Waals surface area contributed by atoms with E-state index in [0.29, 0.717) is 12.4 Å². The van der Waals surface area contributed by atoms with Gasteiger partial charge in [-0.3, -0.25) is 0 Å². The highest BCUT2D eigenvalue weighted by Gasteiger charge is 2.12. The Kier molecular flexibility index (Phi) is 4.28. The monoisotopic (exact) mass is 210 g/mol. The van der Waals surface area contributed by atoms with Crippen LogP contribution in [0.3, 0.4) is 0 Å². The maximum atomic E-state index is 9.63. The van der Waals surface area contributed by atoms with Crippen molar-refractivity contribution < 1.29 is 14.9 Å². The molecule has 0 aliphatic carbocycles. The van der Waals surface area contributed by atoms with Crippen molar-refractivity contribution in [2.45, 2.75) is 33.1 Å². The summed E-state index contributed by atoms with van der Waals surface area (Å²) in [5.74, 6) is 0.148. The van der Waals surface area contributed by atoms with Gasteiger partial charge in [0.25, 0.3) is 0 Å². The molecule has 0 unspecified atom stereocenters. The fraction of sp³-hybridized carbons (Fsp3) is 0.500. The van der Waals surface area contributed by atoms with Crippen LogP contribution in [0.25, 0.3) is 0 Å². The average Bonchev–Trinajstić information content (AvgIpc) is 2.24. The molecule has 3 heteroatoms. The van der Waals surface area contributed by atoms with Gasteiger partial charge in [0.15, 0.2) is 11.5 Å². The number of rotatable bonds is 5. The lowest BCUT2D eigenvalue weighted by Gasteiger charge is -2.12. The topological polar surface area (TPSA) is 49.7 Å². The molecule has 0 aliphatic heterocycles. The second-order valence-electron chi connectivity index (χ2n) is 3.46. The van der Waals surface area contributed by atoms with E-state index in [2.05, 4.69) is 6.92 Å². The van der Waals surface area contributed by atoms with Gasteiger partial charge in [0.05, 0.1) is 6.61 Å². The maximum Gasteiger partial charge on any atom is 0.200 e. The van der Waals surface area contributed by atoms with Crippen molar-refractivity contribution in [3.8, 4) is 17.2 Å². The number of aryl methyl sites for hydroxylation is 1. The van der Waals surface area contributed by atoms with Crippen LogP contribution in [0.15, 0.2) is 12.1 Å². The first-order chi connectivity index (χ1) is 7.20. The molecule has 0 bridgehead atoms. The zero-order valence-electron chi connectivity index (χ0n) is 9.29. The number of phenolic OH excluding ortho intramolecular Hbond substituents is 2. The van der Waals surface area contributed by atoms with E-state index in [1.165, 1.54) is 6.07 Å². The highest BCUT2D eigenvalue weighted by atomic mass is 16.5. The Balaban J connectivity index is 2.97. The van der Waals surface area contributed by atoms with Gasteiger partial charge in [0.1, 0.15) is 0 Å². The number of hydrogen-bond donors (Lipinski definition) is 2. The van der Waals surface area contributed by atoms with E-state index in [4.69, 9.17) is 4.74 Å². The van der Waals surface area contributed by atoms with Crippen LogP contribution in [-0.4, -0.2) is 16.8 Å². The SMILES string of the molecule is CCCCc1ccc(O)c(O)c1OCC. The zero-order valence-corrected chi connectivity index (χ0v) is 9.29. The number of unbranched alkanes of at least 4 members (excludes halogenated alkanes) is 1. The standard InChI is InChI=1S/C12H18O3/c1-3-5-6-9-7-8-10(13)11(14)12(9)15-4-2/h7-8,13-14H,3-6H2,1-2H3. The first-order valence-corrected chi connectivity index (χ1v) is 5.37. The first-order valence-electron chi connectivity index (χ1n) is 5.37. The summed E-state index contributed by atoms with van der Waals surface area (Å²) in [6.45, 7) is 4.45. The van der Waals surface area contributed by atoms with Crippen LogP contribution in [0, 0.1) is 0 Å². The van der Waals surface area contributed by atoms with E-state index < -0.39 is 0 Å². The van der Waals surface area contributed by atoms with Crippen LogP contribution in [0.5, 0.6) is 17.2 Å². The molecule has 0 radical (unpaired) electrons. The van der Waals surface area contributed by atoms with Crippen molar-refractivity contribution in [2.24, 2.45) is 0 Å². The Labute approximate surface area is 90.3 Å². The van der Waals surface area contributed by atoms with Crippen molar-refractivity contribution in [3.63, 3.8) is 0 Å². The fourth-order valence-electron chi connectivity index (χ4n) is 1.47. The quantitative estimate of drug-likeness (QED) is 0.735. The summed E-state index contributed by atoms with van der Waals surface area (Å²) in [5.41, 5.74) is 0.953. The second kappa shape index (κ2) is 5.49. The molecule has 15 heavy (non-hydrogen) atoms. The summed E-state index contributed by atoms with van der Waals surface area (Å²) in [7, 11) is 0. The maximum absolute atomic E-state index is 9.63. The number of phenols is 2. The highest BCUT2D eigenvalue weighted by Crippen LogP contribution is 2.38. The normalized spacial score (nSPS) is 10.3. The van der Waals surface area contributed by atoms with Crippen LogP contribution in [-0.2, 0) is 6.42 Å². The Morgan fingerprint density at radius 2 is 1.93 bits per heavy atom. The second-order valence-corrected chi connectivity index (χ2v) is 3.46. The van der Waals surface area contributed by atoms with Gasteiger partial charge < -0.3 is 14.9 Å². The first kappa shape index (κ1) is 11.7. The van der Waals surface area contributed by atoms with E-state index in [9.17, 15) is 10.2 Å². The number of ether oxygens (including phenoxy) is 1. The Hall–Kier alpha value is -1.38. The van der Waals surface area contributed by atoms with E-state index in [1.807, 2.05) is 6.92 Å². The van der Waals surface area contributed by atoms with Crippen molar-refractivity contribution in [1.29, 1.82) is 0 Å². The highest BCUT2D eigenvalue weighted by molar-refractivity contribution is 5.54. The third-order valence-corrected chi connectivity index (χ3v) is 2.28. The van der Waals surface area contributed by atoms with E-state index in [-0.39, 0.29) is 11.5 Å². The molecule has 0 spiro atoms. The number of hydrogen-bond acceptors (Lipinski definition) is 3. The summed E-state index contributed by atoms with van der Waals surface area (Å²) in [6, 6.07) is 3.30. The molecule has 0 fully saturated rings. The molecule has 84 valence electrons. The van der Waals surface area contributed by atoms with Gasteiger partial charge in [0, 0.05) is 0 Å². The molecule has 0 aromatic heterocycles. The molecule has 1 rings (SSSR count). The van der Waals surface area contributed by atoms with Gasteiger partial charge in [-0.1, -0.05) is 19.4 Å². The lowest BCUT2D eigenvalue weighted by Crippen LogP contribution is -1.97. The molecule has 3 nitrogen and oxygen atoms in total. The van der Waals surface area contributed by atoms with Crippen LogP contribution >= 0.6 is 0 Å². The van der Waals surface area contributed by atoms with E-state index in [1.54, 1.807) is 6.07 Å². The third-order valence-electron chi connectivity index (χ3n) is 2.28. The summed E-state index contributed by atoms with van der Waals surface area (Å²) in [4.78, 5) is 0. The van der Waals surface area contributed by atoms with Crippen molar-refractivity contribution >= 4 is 0 Å². The molecule has 1 aromatic carbocycles. The minimum Gasteiger partial charge on any atom is -0.504 e. The molecule has 0 amide bonds. The predicted octanol–water partition coefficient (Wildman–Crippen LogP) is 2.84. The lowest BCUT2D eigenvalue weighted by atomic mass is 10.1. The van der Waals surface area contributed by atoms with Gasteiger partial charge in [-0.25, -0.2) is 0 Å². The molecule has 2 N–H and O–H groups in total. The van der Waals surface area contributed by atoms with Crippen LogP contribution in [0.2, 0.25) is 0 Å². The van der Waals surface area contributed by atoms with Crippen molar-refractivity contribution in [1.82, 2.24) is 0 Å². The molecule has 0 saturated heterocycles. The Morgan fingerprint density at radius 3 is 2.53 bits per heavy atom. The van der Waals surface area contributed by atoms with Crippen molar-refractivity contribution in [2.75, 3.05) is 6.61 Å². The molecule has 0 atom stereocenters. The van der Waals surface area contributed by atoms with Gasteiger partial charge >= 0.3 is 0 Å². The minimum absolute atomic E-state index is 0.126. The largest absolute Gasteiger partial charge is 0.504 e. The van der Waals surface area contributed by atoms with E-state index in [0.717, 1.165) is 24.8 Å². The summed E-state index contributed by atoms with van der Waals surface area (Å²) in [5, 5.41) is 19.0. The van der Waals surface area contributed by atoms with Crippen LogP contribution in [0.1, 0.15) is 32.3 Å². The lowest BCUT2D eigenvalue weighted by molar-refractivity contribution is 0.305. The fourth-order valence-corrected chi connectivity index (χ4v) is 1.47. The molecule has 0 saturated carbocycles. The average molecular weight is 210 g/mol. The predicted molar refractivity (Wildman–Crippen MR) is 59.6 cm³/mol. The van der Waals surface area contributed by atoms with Gasteiger partial charge in [0.2, 0.25) is 5.75 Å². The molecular formula is C12H18O3. The number of aromatic hydroxyl groups is 2. The van der Waals surface area contributed by atoms with Crippen LogP contribution in [0.4, 0.5) is 0 Å². The third kappa shape index (κ3) is 2.78. The van der Waals surface area contributed by atoms with E-state index >= 15 is 0 Å². The molecule has 0 aliphatic rings. The summed E-state index contributed by atoms with van der Waals surface area (Å²) in [6.07, 6.45) is 3.00. The Bertz CT molecular complexity index is 321. The molecule has 0 heterocycles. The molecule has 1 aromatic rings. The smallest absolute Gasteiger partial charge is 0.200 e. The van der Waals surface area contributed by atoms with Gasteiger partial charge in [-0.2, -0.15) is 0 Å². The summed E-state index contributed by atoms with van der Waals surface area (Å²) < 4.78 is 5.34. The molecular weight excluding hydrogens is 192 g/mol. The Morgan fingerprint density at radius 1 is 1.20 bits per heavy atom. The van der Waals surface area contributed by atoms with Crippen LogP contribution < -0.4 is 4.74 Å². The zero-order chi connectivity index (χ0) is 11.3. The number of benzene rings is 1. The van der Waals surface area contributed by atoms with Crippen molar-refractivity contribution in [3.05, 3.63) is 17.7 Å². The minimum atomic E-state index is -0.148. The van der Waals surface area contributed by atoms with Gasteiger partial charge in [-0.15, -0.1) is 0 Å². The summed E-state index contributed by atoms with van der Waals surface area (Å²) >= 11 is 0.